The molecule has 0 saturated heterocycles. The molecule has 3 N–H and O–H groups in total. The maximum Gasteiger partial charge on any atom is 0.337 e. The molecule has 6 heteroatoms. The third-order valence-corrected chi connectivity index (χ3v) is 3.06. The van der Waals surface area contributed by atoms with Gasteiger partial charge in [-0.2, -0.15) is 0 Å². The first-order valence-corrected chi connectivity index (χ1v) is 6.29. The van der Waals surface area contributed by atoms with Crippen LogP contribution in [0.4, 0.5) is 11.4 Å². The van der Waals surface area contributed by atoms with Gasteiger partial charge in [-0.15, -0.1) is 0 Å². The van der Waals surface area contributed by atoms with E-state index < -0.39 is 0 Å². The van der Waals surface area contributed by atoms with Crippen molar-refractivity contribution in [2.45, 2.75) is 6.42 Å². The number of nitrogen functional groups attached to an aromatic ring is 1. The Hall–Kier alpha value is -2.50. The molecule has 0 aliphatic carbocycles. The summed E-state index contributed by atoms with van der Waals surface area (Å²) in [7, 11) is 3.31. The van der Waals surface area contributed by atoms with Gasteiger partial charge >= 0.3 is 5.97 Å². The lowest BCUT2D eigenvalue weighted by Crippen LogP contribution is -2.11. The van der Waals surface area contributed by atoms with Crippen LogP contribution in [0.2, 0.25) is 0 Å². The van der Waals surface area contributed by atoms with Gasteiger partial charge in [-0.05, 0) is 18.2 Å². The number of imidazole rings is 1. The third kappa shape index (κ3) is 3.09. The lowest BCUT2D eigenvalue weighted by Gasteiger charge is -2.10. The Morgan fingerprint density at radius 1 is 1.50 bits per heavy atom. The number of esters is 1. The van der Waals surface area contributed by atoms with Crippen molar-refractivity contribution in [2.75, 3.05) is 24.7 Å². The molecule has 1 aromatic heterocycles. The van der Waals surface area contributed by atoms with Crippen molar-refractivity contribution < 1.29 is 9.53 Å². The zero-order valence-corrected chi connectivity index (χ0v) is 11.6. The van der Waals surface area contributed by atoms with E-state index >= 15 is 0 Å². The number of carbonyl (C=O) groups excluding carboxylic acids is 1. The van der Waals surface area contributed by atoms with Crippen LogP contribution in [0.3, 0.4) is 0 Å². The van der Waals surface area contributed by atoms with Crippen LogP contribution in [0, 0.1) is 0 Å². The van der Waals surface area contributed by atoms with E-state index in [0.29, 0.717) is 17.8 Å². The second-order valence-electron chi connectivity index (χ2n) is 4.42. The lowest BCUT2D eigenvalue weighted by molar-refractivity contribution is 0.0601. The maximum atomic E-state index is 11.5. The lowest BCUT2D eigenvalue weighted by atomic mass is 10.1. The van der Waals surface area contributed by atoms with E-state index in [2.05, 4.69) is 15.0 Å². The van der Waals surface area contributed by atoms with E-state index in [1.807, 2.05) is 17.8 Å². The summed E-state index contributed by atoms with van der Waals surface area (Å²) in [4.78, 5) is 15.7. The fourth-order valence-corrected chi connectivity index (χ4v) is 1.90. The summed E-state index contributed by atoms with van der Waals surface area (Å²) >= 11 is 0. The summed E-state index contributed by atoms with van der Waals surface area (Å²) in [5, 5.41) is 3.21. The van der Waals surface area contributed by atoms with Gasteiger partial charge in [0.25, 0.3) is 0 Å². The second kappa shape index (κ2) is 6.10. The van der Waals surface area contributed by atoms with Gasteiger partial charge < -0.3 is 20.4 Å². The van der Waals surface area contributed by atoms with E-state index in [1.165, 1.54) is 7.11 Å². The van der Waals surface area contributed by atoms with Crippen molar-refractivity contribution in [1.29, 1.82) is 0 Å². The monoisotopic (exact) mass is 274 g/mol. The van der Waals surface area contributed by atoms with Crippen molar-refractivity contribution in [1.82, 2.24) is 9.55 Å². The van der Waals surface area contributed by atoms with Gasteiger partial charge in [0.1, 0.15) is 5.82 Å². The fraction of sp³-hybridized carbons (Fsp3) is 0.286. The van der Waals surface area contributed by atoms with Gasteiger partial charge in [0.15, 0.2) is 0 Å². The van der Waals surface area contributed by atoms with Crippen LogP contribution in [0.1, 0.15) is 16.2 Å². The van der Waals surface area contributed by atoms with Crippen molar-refractivity contribution >= 4 is 17.3 Å². The largest absolute Gasteiger partial charge is 0.465 e. The quantitative estimate of drug-likeness (QED) is 0.637. The Labute approximate surface area is 117 Å². The number of methoxy groups -OCH3 is 1. The van der Waals surface area contributed by atoms with Crippen molar-refractivity contribution in [3.05, 3.63) is 42.0 Å². The number of ether oxygens (including phenoxy) is 1. The number of nitrogens with one attached hydrogen (secondary N) is 1. The van der Waals surface area contributed by atoms with E-state index in [1.54, 1.807) is 24.4 Å². The molecule has 0 amide bonds. The average Bonchev–Trinajstić information content (AvgIpc) is 2.85. The molecule has 0 unspecified atom stereocenters. The minimum atomic E-state index is -0.378. The number of hydrogen-bond donors (Lipinski definition) is 2. The Morgan fingerprint density at radius 3 is 2.95 bits per heavy atom. The topological polar surface area (TPSA) is 82.2 Å². The van der Waals surface area contributed by atoms with Crippen LogP contribution in [-0.4, -0.2) is 29.2 Å². The summed E-state index contributed by atoms with van der Waals surface area (Å²) in [6, 6.07) is 5.03. The number of hydrogen-bond acceptors (Lipinski definition) is 5. The second-order valence-corrected chi connectivity index (χ2v) is 4.42. The SMILES string of the molecule is COC(=O)c1ccc(N)c(NCCc2nccn2C)c1. The maximum absolute atomic E-state index is 11.5. The molecule has 0 spiro atoms. The standard InChI is InChI=1S/C14H18N4O2/c1-18-8-7-17-13(18)5-6-16-12-9-10(14(19)20-2)3-4-11(12)15/h3-4,7-9,16H,5-6,15H2,1-2H3. The number of rotatable bonds is 5. The van der Waals surface area contributed by atoms with Gasteiger partial charge in [0.05, 0.1) is 24.0 Å². The highest BCUT2D eigenvalue weighted by Crippen LogP contribution is 2.20. The van der Waals surface area contributed by atoms with E-state index in [4.69, 9.17) is 5.73 Å². The Balaban J connectivity index is 2.02. The predicted molar refractivity (Wildman–Crippen MR) is 77.6 cm³/mol. The minimum absolute atomic E-state index is 0.378. The minimum Gasteiger partial charge on any atom is -0.465 e. The molecular formula is C14H18N4O2. The van der Waals surface area contributed by atoms with Crippen LogP contribution in [-0.2, 0) is 18.2 Å². The Bertz CT molecular complexity index is 607. The van der Waals surface area contributed by atoms with Gasteiger partial charge in [0, 0.05) is 32.4 Å². The van der Waals surface area contributed by atoms with E-state index in [0.717, 1.165) is 17.9 Å². The predicted octanol–water partition coefficient (Wildman–Crippen LogP) is 1.44. The van der Waals surface area contributed by atoms with Crippen LogP contribution in [0.25, 0.3) is 0 Å². The average molecular weight is 274 g/mol. The smallest absolute Gasteiger partial charge is 0.337 e. The molecule has 0 aliphatic heterocycles. The highest BCUT2D eigenvalue weighted by molar-refractivity contribution is 5.91. The van der Waals surface area contributed by atoms with Crippen molar-refractivity contribution in [3.63, 3.8) is 0 Å². The zero-order valence-electron chi connectivity index (χ0n) is 11.6. The fourth-order valence-electron chi connectivity index (χ4n) is 1.90. The molecule has 2 rings (SSSR count). The molecule has 0 aliphatic rings. The van der Waals surface area contributed by atoms with Crippen molar-refractivity contribution in [2.24, 2.45) is 7.05 Å². The van der Waals surface area contributed by atoms with Crippen LogP contribution >= 0.6 is 0 Å². The van der Waals surface area contributed by atoms with E-state index in [9.17, 15) is 4.79 Å². The molecule has 0 fully saturated rings. The number of carbonyl (C=O) groups is 1. The third-order valence-electron chi connectivity index (χ3n) is 3.06. The van der Waals surface area contributed by atoms with Crippen LogP contribution in [0.5, 0.6) is 0 Å². The van der Waals surface area contributed by atoms with E-state index in [-0.39, 0.29) is 5.97 Å². The van der Waals surface area contributed by atoms with Gasteiger partial charge in [-0.25, -0.2) is 9.78 Å². The van der Waals surface area contributed by atoms with Gasteiger partial charge in [-0.1, -0.05) is 0 Å². The highest BCUT2D eigenvalue weighted by Gasteiger charge is 2.08. The molecule has 1 heterocycles. The van der Waals surface area contributed by atoms with Crippen molar-refractivity contribution in [3.8, 4) is 0 Å². The molecule has 106 valence electrons. The first-order valence-electron chi connectivity index (χ1n) is 6.29. The molecule has 1 aromatic carbocycles. The zero-order chi connectivity index (χ0) is 14.5. The molecule has 0 bridgehead atoms. The number of anilines is 2. The number of aryl methyl sites for hydroxylation is 1. The first kappa shape index (κ1) is 13.9. The number of nitrogens with two attached hydrogens (primary N) is 1. The summed E-state index contributed by atoms with van der Waals surface area (Å²) in [6.45, 7) is 0.680. The molecule has 0 saturated carbocycles. The Kier molecular flexibility index (Phi) is 4.24. The molecular weight excluding hydrogens is 256 g/mol. The molecule has 0 radical (unpaired) electrons. The number of nitrogens with zero attached hydrogens (tertiary/aromatic N) is 2. The summed E-state index contributed by atoms with van der Waals surface area (Å²) in [6.07, 6.45) is 4.44. The Morgan fingerprint density at radius 2 is 2.30 bits per heavy atom. The number of aromatic nitrogens is 2. The van der Waals surface area contributed by atoms with Crippen LogP contribution < -0.4 is 11.1 Å². The summed E-state index contributed by atoms with van der Waals surface area (Å²) < 4.78 is 6.66. The van der Waals surface area contributed by atoms with Gasteiger partial charge in [0.2, 0.25) is 0 Å². The first-order chi connectivity index (χ1) is 9.61. The normalized spacial score (nSPS) is 10.3. The van der Waals surface area contributed by atoms with Crippen LogP contribution in [0.15, 0.2) is 30.6 Å². The summed E-state index contributed by atoms with van der Waals surface area (Å²) in [5.74, 6) is 0.609. The van der Waals surface area contributed by atoms with Gasteiger partial charge in [-0.3, -0.25) is 0 Å². The molecule has 0 atom stereocenters. The molecule has 20 heavy (non-hydrogen) atoms. The highest BCUT2D eigenvalue weighted by atomic mass is 16.5. The summed E-state index contributed by atoms with van der Waals surface area (Å²) in [5.41, 5.74) is 7.68. The molecule has 6 nitrogen and oxygen atoms in total. The molecule has 2 aromatic rings. The number of benzene rings is 1.